The van der Waals surface area contributed by atoms with E-state index < -0.39 is 29.7 Å². The fraction of sp³-hybridized carbons (Fsp3) is 0.412. The van der Waals surface area contributed by atoms with E-state index in [0.29, 0.717) is 22.5 Å². The number of hydrogen-bond donors (Lipinski definition) is 2. The molecule has 0 aromatic carbocycles. The van der Waals surface area contributed by atoms with Crippen LogP contribution in [0.1, 0.15) is 81.7 Å². The van der Waals surface area contributed by atoms with Crippen molar-refractivity contribution < 1.29 is 48.0 Å². The molecule has 12 heteroatoms. The molecule has 1 aromatic heterocycles. The van der Waals surface area contributed by atoms with Crippen LogP contribution < -0.4 is 0 Å². The molecule has 0 amide bonds. The smallest absolute Gasteiger partial charge is 0.340 e. The van der Waals surface area contributed by atoms with Crippen molar-refractivity contribution in [2.24, 2.45) is 10.9 Å². The summed E-state index contributed by atoms with van der Waals surface area (Å²) >= 11 is 0. The standard InChI is InChI=1S/C34H40N2O10/c1-15(2)25-21(33(41)45-13-11-43-31(39)17(5)6)19(9)27(35-25)23-29(37)24(30(23)38)28-20(10)22(26(36-28)16(3)4)34(42)46-14-12-44-32(40)18(7)8/h15-16,35,37H,5,7,11-14H2,1-4,6,8-10H3/b28-24-. The summed E-state index contributed by atoms with van der Waals surface area (Å²) in [6, 6.07) is 0. The summed E-state index contributed by atoms with van der Waals surface area (Å²) in [5, 5.41) is 11.2. The monoisotopic (exact) mass is 636 g/mol. The van der Waals surface area contributed by atoms with Crippen LogP contribution >= 0.6 is 0 Å². The molecule has 0 bridgehead atoms. The lowest BCUT2D eigenvalue weighted by molar-refractivity contribution is -0.147. The number of aliphatic hydroxyl groups excluding tert-OH is 1. The second-order valence-electron chi connectivity index (χ2n) is 11.6. The van der Waals surface area contributed by atoms with Crippen molar-refractivity contribution in [3.05, 3.63) is 75.0 Å². The van der Waals surface area contributed by atoms with Gasteiger partial charge in [-0.05, 0) is 50.7 Å². The van der Waals surface area contributed by atoms with E-state index in [0.717, 1.165) is 0 Å². The molecule has 0 saturated carbocycles. The Morgan fingerprint density at radius 3 is 1.76 bits per heavy atom. The van der Waals surface area contributed by atoms with Crippen molar-refractivity contribution in [3.8, 4) is 0 Å². The molecule has 1 aromatic rings. The van der Waals surface area contributed by atoms with Crippen molar-refractivity contribution in [1.29, 1.82) is 0 Å². The first-order valence-corrected chi connectivity index (χ1v) is 14.8. The van der Waals surface area contributed by atoms with Gasteiger partial charge in [0.15, 0.2) is 0 Å². The van der Waals surface area contributed by atoms with Gasteiger partial charge in [0.05, 0.1) is 39.4 Å². The quantitative estimate of drug-likeness (QED) is 0.131. The van der Waals surface area contributed by atoms with Gasteiger partial charge in [-0.1, -0.05) is 40.9 Å². The lowest BCUT2D eigenvalue weighted by Crippen LogP contribution is -2.24. The number of carbonyl (C=O) groups excluding carboxylic acids is 5. The second kappa shape index (κ2) is 14.4. The highest BCUT2D eigenvalue weighted by Crippen LogP contribution is 2.44. The number of aliphatic imine (C=N–C) groups is 1. The fourth-order valence-electron chi connectivity index (χ4n) is 4.84. The summed E-state index contributed by atoms with van der Waals surface area (Å²) < 4.78 is 20.6. The number of ether oxygens (including phenoxy) is 4. The minimum atomic E-state index is -0.707. The van der Waals surface area contributed by atoms with Crippen LogP contribution in [0.4, 0.5) is 0 Å². The number of nitrogens with one attached hydrogen (secondary N) is 1. The maximum Gasteiger partial charge on any atom is 0.340 e. The Labute approximate surface area is 267 Å². The number of H-pyrrole nitrogens is 1. The second-order valence-corrected chi connectivity index (χ2v) is 11.6. The van der Waals surface area contributed by atoms with E-state index >= 15 is 0 Å². The van der Waals surface area contributed by atoms with E-state index in [2.05, 4.69) is 23.1 Å². The van der Waals surface area contributed by atoms with Crippen molar-refractivity contribution >= 4 is 40.9 Å². The summed E-state index contributed by atoms with van der Waals surface area (Å²) in [5.41, 5.74) is 2.75. The van der Waals surface area contributed by atoms with Gasteiger partial charge in [0.2, 0.25) is 5.78 Å². The third kappa shape index (κ3) is 7.11. The van der Waals surface area contributed by atoms with E-state index in [-0.39, 0.29) is 88.8 Å². The maximum atomic E-state index is 13.6. The Bertz CT molecular complexity index is 1660. The molecule has 246 valence electrons. The minimum Gasteiger partial charge on any atom is -0.506 e. The maximum absolute atomic E-state index is 13.6. The SMILES string of the molecule is C=C(C)C(=O)OCCOC(=O)C1=C(C)/C(=C2/C(=O)C(c3[nH]c(C(C)C)c(C(=O)OCCOC(=O)C(=C)C)c3C)=C2O)N=C1C(C)C. The Morgan fingerprint density at radius 2 is 1.30 bits per heavy atom. The van der Waals surface area contributed by atoms with Crippen LogP contribution in [0.3, 0.4) is 0 Å². The van der Waals surface area contributed by atoms with Crippen molar-refractivity contribution in [2.45, 2.75) is 61.3 Å². The third-order valence-electron chi connectivity index (χ3n) is 7.24. The lowest BCUT2D eigenvalue weighted by Gasteiger charge is -2.22. The van der Waals surface area contributed by atoms with Crippen LogP contribution in [0.25, 0.3) is 5.57 Å². The predicted octanol–water partition coefficient (Wildman–Crippen LogP) is 4.92. The van der Waals surface area contributed by atoms with Crippen LogP contribution in [0, 0.1) is 12.8 Å². The van der Waals surface area contributed by atoms with Gasteiger partial charge in [-0.25, -0.2) is 19.2 Å². The molecule has 12 nitrogen and oxygen atoms in total. The summed E-state index contributed by atoms with van der Waals surface area (Å²) in [6.07, 6.45) is 0. The number of esters is 4. The van der Waals surface area contributed by atoms with Crippen LogP contribution in [-0.4, -0.2) is 71.9 Å². The topological polar surface area (TPSA) is 171 Å². The molecule has 2 heterocycles. The highest BCUT2D eigenvalue weighted by molar-refractivity contribution is 6.40. The molecule has 3 rings (SSSR count). The molecule has 1 aliphatic heterocycles. The van der Waals surface area contributed by atoms with Crippen molar-refractivity contribution in [2.75, 3.05) is 26.4 Å². The van der Waals surface area contributed by atoms with Gasteiger partial charge in [-0.2, -0.15) is 0 Å². The molecule has 2 N–H and O–H groups in total. The number of nitrogens with zero attached hydrogens (tertiary/aromatic N) is 1. The zero-order valence-electron chi connectivity index (χ0n) is 27.5. The van der Waals surface area contributed by atoms with E-state index in [1.54, 1.807) is 13.8 Å². The molecule has 0 saturated heterocycles. The third-order valence-corrected chi connectivity index (χ3v) is 7.24. The average molecular weight is 637 g/mol. The molecule has 0 atom stereocenters. The molecule has 0 radical (unpaired) electrons. The zero-order chi connectivity index (χ0) is 34.6. The van der Waals surface area contributed by atoms with Crippen LogP contribution in [0.2, 0.25) is 0 Å². The van der Waals surface area contributed by atoms with Gasteiger partial charge in [0.25, 0.3) is 0 Å². The minimum absolute atomic E-state index is 0.0270. The van der Waals surface area contributed by atoms with Gasteiger partial charge in [-0.3, -0.25) is 9.79 Å². The average Bonchev–Trinajstić information content (AvgIpc) is 3.49. The first-order valence-electron chi connectivity index (χ1n) is 14.8. The van der Waals surface area contributed by atoms with Gasteiger partial charge in [0, 0.05) is 16.8 Å². The molecular weight excluding hydrogens is 596 g/mol. The summed E-state index contributed by atoms with van der Waals surface area (Å²) in [7, 11) is 0. The number of carbonyl (C=O) groups is 5. The molecule has 1 aliphatic carbocycles. The number of Topliss-reactive ketones (excluding diaryl/α,β-unsaturated/α-hetero) is 1. The number of hydrogen-bond acceptors (Lipinski definition) is 11. The van der Waals surface area contributed by atoms with E-state index in [1.165, 1.54) is 13.8 Å². The number of ketones is 1. The van der Waals surface area contributed by atoms with Crippen LogP contribution in [-0.2, 0) is 38.1 Å². The first-order chi connectivity index (χ1) is 21.5. The van der Waals surface area contributed by atoms with E-state index in [9.17, 15) is 29.1 Å². The van der Waals surface area contributed by atoms with Gasteiger partial charge in [-0.15, -0.1) is 0 Å². The number of aliphatic hydroxyl groups is 1. The number of allylic oxidation sites excluding steroid dienone is 3. The van der Waals surface area contributed by atoms with E-state index in [4.69, 9.17) is 18.9 Å². The number of aromatic amines is 1. The predicted molar refractivity (Wildman–Crippen MR) is 169 cm³/mol. The molecule has 0 spiro atoms. The molecule has 46 heavy (non-hydrogen) atoms. The van der Waals surface area contributed by atoms with Crippen LogP contribution in [0.5, 0.6) is 0 Å². The molecule has 0 fully saturated rings. The fourth-order valence-corrected chi connectivity index (χ4v) is 4.84. The molecular formula is C34H40N2O10. The van der Waals surface area contributed by atoms with Crippen molar-refractivity contribution in [3.63, 3.8) is 0 Å². The van der Waals surface area contributed by atoms with Gasteiger partial charge < -0.3 is 29.0 Å². The van der Waals surface area contributed by atoms with Crippen molar-refractivity contribution in [1.82, 2.24) is 4.98 Å². The summed E-state index contributed by atoms with van der Waals surface area (Å²) in [4.78, 5) is 70.6. The molecule has 2 aliphatic rings. The van der Waals surface area contributed by atoms with Gasteiger partial charge >= 0.3 is 23.9 Å². The van der Waals surface area contributed by atoms with Gasteiger partial charge in [0.1, 0.15) is 32.2 Å². The number of rotatable bonds is 13. The normalized spacial score (nSPS) is 16.0. The largest absolute Gasteiger partial charge is 0.506 e. The Hall–Kier alpha value is -5.00. The van der Waals surface area contributed by atoms with E-state index in [1.807, 2.05) is 27.7 Å². The highest BCUT2D eigenvalue weighted by atomic mass is 16.6. The first kappa shape index (κ1) is 35.5. The summed E-state index contributed by atoms with van der Waals surface area (Å²) in [5.74, 6) is -3.85. The van der Waals surface area contributed by atoms with Crippen LogP contribution in [0.15, 0.2) is 57.5 Å². The zero-order valence-corrected chi connectivity index (χ0v) is 27.5. The summed E-state index contributed by atoms with van der Waals surface area (Å²) in [6.45, 7) is 19.9. The molecule has 0 unspecified atom stereocenters. The Balaban J connectivity index is 1.92. The number of aromatic nitrogens is 1. The lowest BCUT2D eigenvalue weighted by atomic mass is 9.82. The Kier molecular flexibility index (Phi) is 11.1. The highest BCUT2D eigenvalue weighted by Gasteiger charge is 2.43. The Morgan fingerprint density at radius 1 is 0.804 bits per heavy atom.